The molecule has 9 heteroatoms. The minimum absolute atomic E-state index is 0.0865. The lowest BCUT2D eigenvalue weighted by Gasteiger charge is -2.30. The molecule has 0 atom stereocenters. The van der Waals surface area contributed by atoms with Gasteiger partial charge in [-0.1, -0.05) is 24.3 Å². The molecule has 0 aliphatic carbocycles. The lowest BCUT2D eigenvalue weighted by molar-refractivity contribution is 0.102. The highest BCUT2D eigenvalue weighted by Gasteiger charge is 2.29. The maximum absolute atomic E-state index is 13.4. The number of aromatic nitrogens is 2. The van der Waals surface area contributed by atoms with Crippen molar-refractivity contribution >= 4 is 38.1 Å². The first-order chi connectivity index (χ1) is 16.0. The number of fused-ring (bicyclic) bond motifs is 1. The quantitative estimate of drug-likeness (QED) is 0.455. The third-order valence-corrected chi connectivity index (χ3v) is 8.02. The molecule has 0 radical (unpaired) electrons. The topological polar surface area (TPSA) is 92.3 Å². The van der Waals surface area contributed by atoms with E-state index in [-0.39, 0.29) is 10.5 Å². The van der Waals surface area contributed by atoms with Crippen LogP contribution >= 0.6 is 11.3 Å². The van der Waals surface area contributed by atoms with Gasteiger partial charge in [0.2, 0.25) is 0 Å². The Hall–Kier alpha value is -3.56. The van der Waals surface area contributed by atoms with Gasteiger partial charge >= 0.3 is 0 Å². The average molecular weight is 477 g/mol. The summed E-state index contributed by atoms with van der Waals surface area (Å²) in [5.74, 6) is -0.415. The van der Waals surface area contributed by atoms with Crippen molar-refractivity contribution in [2.24, 2.45) is 0 Å². The maximum atomic E-state index is 13.4. The summed E-state index contributed by atoms with van der Waals surface area (Å²) in [5, 5.41) is 5.05. The molecule has 1 aliphatic heterocycles. The molecule has 0 fully saturated rings. The van der Waals surface area contributed by atoms with Crippen molar-refractivity contribution in [1.82, 2.24) is 9.97 Å². The van der Waals surface area contributed by atoms with Gasteiger partial charge < -0.3 is 0 Å². The summed E-state index contributed by atoms with van der Waals surface area (Å²) in [6.07, 6.45) is 4.96. The van der Waals surface area contributed by atoms with Crippen LogP contribution in [0.2, 0.25) is 0 Å². The predicted octanol–water partition coefficient (Wildman–Crippen LogP) is 4.60. The zero-order chi connectivity index (χ0) is 22.8. The first-order valence-electron chi connectivity index (χ1n) is 10.4. The molecule has 33 heavy (non-hydrogen) atoms. The van der Waals surface area contributed by atoms with Crippen molar-refractivity contribution in [2.45, 2.75) is 17.7 Å². The number of carbonyl (C=O) groups is 1. The van der Waals surface area contributed by atoms with Gasteiger partial charge in [-0.2, -0.15) is 0 Å². The fourth-order valence-corrected chi connectivity index (χ4v) is 6.13. The fourth-order valence-electron chi connectivity index (χ4n) is 3.83. The van der Waals surface area contributed by atoms with E-state index in [1.807, 2.05) is 41.8 Å². The number of thiazole rings is 1. The number of benzene rings is 2. The number of anilines is 2. The second-order valence-electron chi connectivity index (χ2n) is 7.57. The lowest BCUT2D eigenvalue weighted by Crippen LogP contribution is -2.35. The van der Waals surface area contributed by atoms with Gasteiger partial charge in [-0.3, -0.25) is 19.4 Å². The molecule has 5 rings (SSSR count). The molecule has 3 heterocycles. The molecule has 0 saturated heterocycles. The number of hydrogen-bond acceptors (Lipinski definition) is 6. The van der Waals surface area contributed by atoms with Crippen LogP contribution in [0.3, 0.4) is 0 Å². The third kappa shape index (κ3) is 4.24. The average Bonchev–Trinajstić information content (AvgIpc) is 3.33. The molecule has 1 aliphatic rings. The van der Waals surface area contributed by atoms with Crippen molar-refractivity contribution in [2.75, 3.05) is 16.2 Å². The molecule has 2 aromatic carbocycles. The van der Waals surface area contributed by atoms with E-state index in [2.05, 4.69) is 15.3 Å². The lowest BCUT2D eigenvalue weighted by atomic mass is 10.0. The number of nitrogens with one attached hydrogen (secondary N) is 1. The van der Waals surface area contributed by atoms with E-state index in [1.165, 1.54) is 27.8 Å². The summed E-state index contributed by atoms with van der Waals surface area (Å²) in [6.45, 7) is 0.409. The number of rotatable bonds is 5. The first-order valence-corrected chi connectivity index (χ1v) is 12.7. The van der Waals surface area contributed by atoms with Gasteiger partial charge in [0.05, 0.1) is 16.3 Å². The highest BCUT2D eigenvalue weighted by atomic mass is 32.2. The Bertz CT molecular complexity index is 1420. The summed E-state index contributed by atoms with van der Waals surface area (Å²) in [4.78, 5) is 21.4. The van der Waals surface area contributed by atoms with Crippen LogP contribution in [0.1, 0.15) is 22.3 Å². The number of amides is 1. The van der Waals surface area contributed by atoms with Crippen LogP contribution < -0.4 is 9.62 Å². The summed E-state index contributed by atoms with van der Waals surface area (Å²) >= 11 is 1.30. The van der Waals surface area contributed by atoms with Gasteiger partial charge in [-0.15, -0.1) is 11.3 Å². The van der Waals surface area contributed by atoms with Gasteiger partial charge in [-0.05, 0) is 54.8 Å². The summed E-state index contributed by atoms with van der Waals surface area (Å²) in [7, 11) is -3.80. The Morgan fingerprint density at radius 3 is 2.70 bits per heavy atom. The van der Waals surface area contributed by atoms with Gasteiger partial charge in [0.1, 0.15) is 0 Å². The fraction of sp³-hybridized carbons (Fsp3) is 0.125. The Labute approximate surface area is 195 Å². The number of para-hydroxylation sites is 1. The van der Waals surface area contributed by atoms with Crippen LogP contribution in [-0.4, -0.2) is 30.8 Å². The largest absolute Gasteiger partial charge is 0.298 e. The molecule has 0 unspecified atom stereocenters. The summed E-state index contributed by atoms with van der Waals surface area (Å²) < 4.78 is 28.3. The number of nitrogens with zero attached hydrogens (tertiary/aromatic N) is 3. The van der Waals surface area contributed by atoms with Gasteiger partial charge in [0.15, 0.2) is 5.13 Å². The van der Waals surface area contributed by atoms with Crippen LogP contribution in [0, 0.1) is 0 Å². The van der Waals surface area contributed by atoms with E-state index in [0.717, 1.165) is 29.7 Å². The second-order valence-corrected chi connectivity index (χ2v) is 10.3. The highest BCUT2D eigenvalue weighted by Crippen LogP contribution is 2.32. The van der Waals surface area contributed by atoms with E-state index < -0.39 is 15.9 Å². The standard InChI is InChI=1S/C24H20N4O3S2/c29-23(27-24-26-21(16-32-24)17-10-12-25-13-11-17)19-6-3-8-20(15-19)33(30,31)28-14-4-7-18-5-1-2-9-22(18)28/h1-3,5-6,8-13,15-16H,4,7,14H2,(H,26,27,29). The van der Waals surface area contributed by atoms with Gasteiger partial charge in [0, 0.05) is 35.4 Å². The molecule has 4 aromatic rings. The SMILES string of the molecule is O=C(Nc1nc(-c2ccncc2)cs1)c1cccc(S(=O)(=O)N2CCCc3ccccc32)c1. The van der Waals surface area contributed by atoms with Crippen LogP contribution in [0.15, 0.2) is 83.3 Å². The van der Waals surface area contributed by atoms with E-state index in [0.29, 0.717) is 17.4 Å². The summed E-state index contributed by atoms with van der Waals surface area (Å²) in [6, 6.07) is 17.3. The van der Waals surface area contributed by atoms with Crippen LogP contribution in [0.5, 0.6) is 0 Å². The second kappa shape index (κ2) is 8.76. The van der Waals surface area contributed by atoms with Crippen molar-refractivity contribution in [3.05, 3.63) is 89.6 Å². The molecule has 0 bridgehead atoms. The maximum Gasteiger partial charge on any atom is 0.264 e. The predicted molar refractivity (Wildman–Crippen MR) is 129 cm³/mol. The van der Waals surface area contributed by atoms with E-state index in [9.17, 15) is 13.2 Å². The Morgan fingerprint density at radius 1 is 1.03 bits per heavy atom. The van der Waals surface area contributed by atoms with Crippen LogP contribution in [-0.2, 0) is 16.4 Å². The molecule has 7 nitrogen and oxygen atoms in total. The zero-order valence-corrected chi connectivity index (χ0v) is 19.1. The highest BCUT2D eigenvalue weighted by molar-refractivity contribution is 7.92. The monoisotopic (exact) mass is 476 g/mol. The Morgan fingerprint density at radius 2 is 1.85 bits per heavy atom. The smallest absolute Gasteiger partial charge is 0.264 e. The minimum Gasteiger partial charge on any atom is -0.298 e. The molecule has 1 amide bonds. The van der Waals surface area contributed by atoms with Gasteiger partial charge in [0.25, 0.3) is 15.9 Å². The molecule has 166 valence electrons. The number of aryl methyl sites for hydroxylation is 1. The van der Waals surface area contributed by atoms with Crippen molar-refractivity contribution in [3.8, 4) is 11.3 Å². The summed E-state index contributed by atoms with van der Waals surface area (Å²) in [5.41, 5.74) is 3.59. The van der Waals surface area contributed by atoms with Crippen molar-refractivity contribution in [3.63, 3.8) is 0 Å². The van der Waals surface area contributed by atoms with Gasteiger partial charge in [-0.25, -0.2) is 13.4 Å². The number of hydrogen-bond donors (Lipinski definition) is 1. The molecule has 2 aromatic heterocycles. The van der Waals surface area contributed by atoms with Crippen molar-refractivity contribution < 1.29 is 13.2 Å². The minimum atomic E-state index is -3.80. The molecular formula is C24H20N4O3S2. The van der Waals surface area contributed by atoms with Crippen LogP contribution in [0.4, 0.5) is 10.8 Å². The molecule has 0 spiro atoms. The number of sulfonamides is 1. The molecular weight excluding hydrogens is 456 g/mol. The van der Waals surface area contributed by atoms with E-state index >= 15 is 0 Å². The van der Waals surface area contributed by atoms with E-state index in [4.69, 9.17) is 0 Å². The number of carbonyl (C=O) groups excluding carboxylic acids is 1. The normalized spacial score (nSPS) is 13.4. The Balaban J connectivity index is 1.38. The third-order valence-electron chi connectivity index (χ3n) is 5.45. The van der Waals surface area contributed by atoms with Crippen LogP contribution in [0.25, 0.3) is 11.3 Å². The molecule has 0 saturated carbocycles. The van der Waals surface area contributed by atoms with E-state index in [1.54, 1.807) is 24.5 Å². The Kier molecular flexibility index (Phi) is 5.65. The zero-order valence-electron chi connectivity index (χ0n) is 17.5. The van der Waals surface area contributed by atoms with Crippen molar-refractivity contribution in [1.29, 1.82) is 0 Å². The first kappa shape index (κ1) is 21.3. The number of pyridine rings is 1. The molecule has 1 N–H and O–H groups in total.